The third-order valence-corrected chi connectivity index (χ3v) is 0. The first-order chi connectivity index (χ1) is 8.66. The summed E-state index contributed by atoms with van der Waals surface area (Å²) in [6.07, 6.45) is 0. The van der Waals surface area contributed by atoms with Crippen LogP contribution in [0.15, 0.2) is 0 Å². The molecule has 0 saturated carbocycles. The van der Waals surface area contributed by atoms with Crippen LogP contribution < -0.4 is 25.5 Å². The van der Waals surface area contributed by atoms with Gasteiger partial charge in [0.1, 0.15) is 0 Å². The summed E-state index contributed by atoms with van der Waals surface area (Å²) in [5.41, 5.74) is 0. The maximum absolute atomic E-state index is 8.89. The minimum absolute atomic E-state index is 0. The van der Waals surface area contributed by atoms with Crippen LogP contribution in [0, 0.1) is 0 Å². The fraction of sp³-hybridized carbons (Fsp3) is 0.500. The van der Waals surface area contributed by atoms with Gasteiger partial charge in [-0.1, -0.05) is 0 Å². The van der Waals surface area contributed by atoms with Crippen LogP contribution in [0.4, 0.5) is 0 Å². The Hall–Kier alpha value is -1.56. The van der Waals surface area contributed by atoms with E-state index in [-0.39, 0.29) is 61.1 Å². The number of carbonyl (C=O) groups is 5. The molecule has 0 spiro atoms. The van der Waals surface area contributed by atoms with Crippen molar-refractivity contribution < 1.29 is 111 Å². The van der Waals surface area contributed by atoms with Gasteiger partial charge in [0.25, 0.3) is 0 Å². The van der Waals surface area contributed by atoms with E-state index in [1.807, 2.05) is 0 Å². The molecule has 8 N–H and O–H groups in total. The summed E-state index contributed by atoms with van der Waals surface area (Å²) in [6, 6.07) is 0. The van der Waals surface area contributed by atoms with Gasteiger partial charge in [-0.05, 0) is 34.6 Å². The molecule has 0 aliphatic carbocycles. The number of carboxylic acids is 5. The molecule has 0 bridgehead atoms. The largest absolute Gasteiger partial charge is 3.00 e. The van der Waals surface area contributed by atoms with Gasteiger partial charge in [0.15, 0.2) is 0 Å². The molecule has 0 aromatic heterocycles. The Labute approximate surface area is 175 Å². The second-order valence-corrected chi connectivity index (χ2v) is 2.46. The summed E-state index contributed by atoms with van der Waals surface area (Å²) in [7, 11) is 0. The first kappa shape index (κ1) is 74.3. The van der Waals surface area contributed by atoms with Crippen molar-refractivity contribution in [1.82, 2.24) is 0 Å². The maximum Gasteiger partial charge on any atom is 3.00 e. The molecule has 0 unspecified atom stereocenters. The topological polar surface area (TPSA) is 327 Å². The average Bonchev–Trinajstić information content (AvgIpc) is 1.94. The Bertz CT molecular complexity index is 220. The van der Waals surface area contributed by atoms with E-state index >= 15 is 0 Å². The van der Waals surface area contributed by atoms with Crippen LogP contribution >= 0.6 is 0 Å². The molecule has 167 valence electrons. The van der Waals surface area contributed by atoms with Crippen LogP contribution in [0.2, 0.25) is 0 Å². The zero-order valence-corrected chi connectivity index (χ0v) is 17.4. The maximum atomic E-state index is 8.89. The first-order valence-electron chi connectivity index (χ1n) is 4.54. The monoisotopic (exact) mass is 623 g/mol. The summed E-state index contributed by atoms with van der Waals surface area (Å²) < 4.78 is 0. The predicted molar refractivity (Wildman–Crippen MR) is 67.9 cm³/mol. The Morgan fingerprint density at radius 2 is 0.423 bits per heavy atom. The molecular formula is C10H23AuCoO14. The Morgan fingerprint density at radius 1 is 0.423 bits per heavy atom. The van der Waals surface area contributed by atoms with Crippen LogP contribution in [0.3, 0.4) is 0 Å². The summed E-state index contributed by atoms with van der Waals surface area (Å²) in [5.74, 6) is -5.42. The number of aliphatic carboxylic acids is 5. The van der Waals surface area contributed by atoms with Crippen molar-refractivity contribution in [3.05, 3.63) is 0 Å². The molecule has 0 aliphatic heterocycles. The second kappa shape index (κ2) is 65.3. The summed E-state index contributed by atoms with van der Waals surface area (Å²) >= 11 is 0. The third-order valence-electron chi connectivity index (χ3n) is 0. The van der Waals surface area contributed by atoms with Gasteiger partial charge in [-0.15, -0.1) is 0 Å². The van der Waals surface area contributed by atoms with E-state index in [1.165, 1.54) is 0 Å². The smallest absolute Gasteiger partial charge is 0.550 e. The van der Waals surface area contributed by atoms with Gasteiger partial charge in [0.05, 0.1) is 0 Å². The number of rotatable bonds is 0. The summed E-state index contributed by atoms with van der Waals surface area (Å²) in [5, 5.41) is 44.4. The average molecular weight is 623 g/mol. The minimum Gasteiger partial charge on any atom is -0.550 e. The predicted octanol–water partition coefficient (Wildman–Crippen LogP) is -9.52. The normalized spacial score (nSPS) is 4.81. The van der Waals surface area contributed by atoms with Gasteiger partial charge >= 0.3 is 39.2 Å². The number of carbonyl (C=O) groups excluding carboxylic acids is 5. The van der Waals surface area contributed by atoms with Crippen LogP contribution in [0.1, 0.15) is 34.6 Å². The molecule has 16 heteroatoms. The van der Waals surface area contributed by atoms with Crippen LogP contribution in [0.25, 0.3) is 0 Å². The molecule has 0 rings (SSSR count). The van der Waals surface area contributed by atoms with E-state index in [4.69, 9.17) is 49.5 Å². The molecule has 0 saturated heterocycles. The molecular weight excluding hydrogens is 600 g/mol. The minimum atomic E-state index is -1.08. The van der Waals surface area contributed by atoms with Crippen molar-refractivity contribution in [2.75, 3.05) is 0 Å². The molecule has 0 amide bonds. The summed E-state index contributed by atoms with van der Waals surface area (Å²) in [4.78, 5) is 44.4. The number of carboxylic acid groups (broad SMARTS) is 5. The van der Waals surface area contributed by atoms with E-state index in [2.05, 4.69) is 0 Å². The first-order valence-corrected chi connectivity index (χ1v) is 4.54. The van der Waals surface area contributed by atoms with E-state index in [9.17, 15) is 0 Å². The van der Waals surface area contributed by atoms with E-state index < -0.39 is 29.8 Å². The zero-order chi connectivity index (χ0) is 17.9. The van der Waals surface area contributed by atoms with E-state index in [0.29, 0.717) is 0 Å². The quantitative estimate of drug-likeness (QED) is 0.229. The van der Waals surface area contributed by atoms with Crippen LogP contribution in [-0.2, 0) is 63.1 Å². The third kappa shape index (κ3) is 4220. The number of hydrogen-bond donors (Lipinski definition) is 0. The van der Waals surface area contributed by atoms with Crippen molar-refractivity contribution in [2.45, 2.75) is 34.6 Å². The van der Waals surface area contributed by atoms with Crippen molar-refractivity contribution in [2.24, 2.45) is 0 Å². The standard InChI is InChI=1S/5C2H4O2.Au.Co.4H2O/c5*1-2(3)4;;;;;;/h5*1H3,(H,3,4);;;4*1H2/q;;;;;+3;+2;;;;/p-5. The fourth-order valence-electron chi connectivity index (χ4n) is 0. The molecule has 14 nitrogen and oxygen atoms in total. The van der Waals surface area contributed by atoms with Gasteiger partial charge in [-0.3, -0.25) is 0 Å². The fourth-order valence-corrected chi connectivity index (χ4v) is 0. The molecule has 0 heterocycles. The molecule has 0 atom stereocenters. The molecule has 1 radical (unpaired) electrons. The Balaban J connectivity index is -0.0000000114. The van der Waals surface area contributed by atoms with Crippen molar-refractivity contribution >= 4 is 29.8 Å². The van der Waals surface area contributed by atoms with Gasteiger partial charge in [-0.25, -0.2) is 0 Å². The van der Waals surface area contributed by atoms with Crippen molar-refractivity contribution in [3.8, 4) is 0 Å². The van der Waals surface area contributed by atoms with Crippen molar-refractivity contribution in [3.63, 3.8) is 0 Å². The molecule has 26 heavy (non-hydrogen) atoms. The van der Waals surface area contributed by atoms with Gasteiger partial charge in [-0.2, -0.15) is 0 Å². The van der Waals surface area contributed by atoms with Gasteiger partial charge < -0.3 is 71.4 Å². The second-order valence-electron chi connectivity index (χ2n) is 2.46. The molecule has 0 fully saturated rings. The summed E-state index contributed by atoms with van der Waals surface area (Å²) in [6.45, 7) is 4.86. The Kier molecular flexibility index (Phi) is 187. The van der Waals surface area contributed by atoms with E-state index in [0.717, 1.165) is 34.6 Å². The van der Waals surface area contributed by atoms with Crippen LogP contribution in [-0.4, -0.2) is 51.8 Å². The van der Waals surface area contributed by atoms with Gasteiger partial charge in [0.2, 0.25) is 0 Å². The van der Waals surface area contributed by atoms with Crippen LogP contribution in [0.5, 0.6) is 0 Å². The van der Waals surface area contributed by atoms with Crippen molar-refractivity contribution in [1.29, 1.82) is 0 Å². The zero-order valence-electron chi connectivity index (χ0n) is 14.2. The molecule has 0 aliphatic rings. The number of hydrogen-bond acceptors (Lipinski definition) is 10. The van der Waals surface area contributed by atoms with E-state index in [1.54, 1.807) is 0 Å². The molecule has 0 aromatic rings. The Morgan fingerprint density at radius 3 is 0.423 bits per heavy atom. The molecule has 0 aromatic carbocycles. The van der Waals surface area contributed by atoms with Gasteiger partial charge in [0, 0.05) is 29.8 Å². The SMILES string of the molecule is CC(=O)[O-].CC(=O)[O-].CC(=O)[O-].CC(=O)[O-].CC(=O)[O-].O.O.O.O.[Au+3].[Co+2].